The lowest BCUT2D eigenvalue weighted by Gasteiger charge is -2.07. The van der Waals surface area contributed by atoms with Gasteiger partial charge in [-0.3, -0.25) is 15.1 Å². The van der Waals surface area contributed by atoms with Gasteiger partial charge in [-0.15, -0.1) is 0 Å². The van der Waals surface area contributed by atoms with Gasteiger partial charge < -0.3 is 9.26 Å². The number of carbonyl (C=O) groups excluding carboxylic acids is 1. The van der Waals surface area contributed by atoms with Crippen LogP contribution in [0.1, 0.15) is 12.0 Å². The van der Waals surface area contributed by atoms with Crippen molar-refractivity contribution >= 4 is 11.8 Å². The Morgan fingerprint density at radius 2 is 2.12 bits per heavy atom. The summed E-state index contributed by atoms with van der Waals surface area (Å²) in [7, 11) is 1.62. The topological polar surface area (TPSA) is 77.2 Å². The monoisotopic (exact) mass is 323 g/mol. The van der Waals surface area contributed by atoms with Gasteiger partial charge in [0.25, 0.3) is 0 Å². The molecule has 0 bridgehead atoms. The van der Waals surface area contributed by atoms with E-state index < -0.39 is 0 Å². The Hall–Kier alpha value is -3.15. The number of hydrogen-bond donors (Lipinski definition) is 1. The van der Waals surface area contributed by atoms with Crippen molar-refractivity contribution in [1.29, 1.82) is 0 Å². The molecule has 0 saturated heterocycles. The maximum absolute atomic E-state index is 12.1. The summed E-state index contributed by atoms with van der Waals surface area (Å²) in [5.41, 5.74) is 2.45. The first kappa shape index (κ1) is 15.7. The van der Waals surface area contributed by atoms with Crippen molar-refractivity contribution in [3.05, 3.63) is 60.4 Å². The highest BCUT2D eigenvalue weighted by Crippen LogP contribution is 2.22. The van der Waals surface area contributed by atoms with Crippen LogP contribution in [0.2, 0.25) is 0 Å². The van der Waals surface area contributed by atoms with Crippen LogP contribution in [0.15, 0.2) is 59.4 Å². The zero-order valence-electron chi connectivity index (χ0n) is 13.2. The Bertz CT molecular complexity index is 815. The molecule has 24 heavy (non-hydrogen) atoms. The molecule has 122 valence electrons. The molecule has 2 heterocycles. The molecule has 1 amide bonds. The van der Waals surface area contributed by atoms with E-state index in [1.807, 2.05) is 36.4 Å². The maximum Gasteiger partial charge on any atom is 0.231 e. The first-order valence-corrected chi connectivity index (χ1v) is 7.55. The summed E-state index contributed by atoms with van der Waals surface area (Å²) in [5, 5.41) is 6.65. The number of aromatic nitrogens is 2. The molecule has 0 aliphatic rings. The minimum atomic E-state index is -0.144. The molecule has 3 aromatic rings. The predicted octanol–water partition coefficient (Wildman–Crippen LogP) is 3.32. The van der Waals surface area contributed by atoms with Crippen molar-refractivity contribution in [3.63, 3.8) is 0 Å². The molecule has 6 heteroatoms. The fourth-order valence-electron chi connectivity index (χ4n) is 2.34. The molecule has 0 spiro atoms. The fraction of sp³-hybridized carbons (Fsp3) is 0.167. The second-order valence-corrected chi connectivity index (χ2v) is 5.18. The maximum atomic E-state index is 12.1. The standard InChI is InChI=1S/C18H17N3O3/c1-23-16-7-3-2-5-13(16)8-9-17(22)20-18-11-15(21-24-18)14-6-4-10-19-12-14/h2-7,10-12H,8-9H2,1H3,(H,20,22). The van der Waals surface area contributed by atoms with E-state index in [4.69, 9.17) is 9.26 Å². The van der Waals surface area contributed by atoms with Gasteiger partial charge in [-0.25, -0.2) is 0 Å². The number of anilines is 1. The van der Waals surface area contributed by atoms with E-state index in [2.05, 4.69) is 15.5 Å². The van der Waals surface area contributed by atoms with E-state index in [-0.39, 0.29) is 5.91 Å². The van der Waals surface area contributed by atoms with E-state index in [1.54, 1.807) is 25.6 Å². The van der Waals surface area contributed by atoms with Gasteiger partial charge in [0.15, 0.2) is 0 Å². The van der Waals surface area contributed by atoms with Crippen LogP contribution in [-0.4, -0.2) is 23.2 Å². The van der Waals surface area contributed by atoms with E-state index in [1.165, 1.54) is 0 Å². The fourth-order valence-corrected chi connectivity index (χ4v) is 2.34. The highest BCUT2D eigenvalue weighted by Gasteiger charge is 2.11. The third kappa shape index (κ3) is 3.78. The number of carbonyl (C=O) groups is 1. The molecule has 0 saturated carbocycles. The van der Waals surface area contributed by atoms with Crippen LogP contribution in [0.4, 0.5) is 5.88 Å². The average Bonchev–Trinajstić information content (AvgIpc) is 3.09. The Labute approximate surface area is 139 Å². The second-order valence-electron chi connectivity index (χ2n) is 5.18. The van der Waals surface area contributed by atoms with Crippen molar-refractivity contribution < 1.29 is 14.1 Å². The quantitative estimate of drug-likeness (QED) is 0.753. The van der Waals surface area contributed by atoms with Crippen molar-refractivity contribution in [2.24, 2.45) is 0 Å². The first-order chi connectivity index (χ1) is 11.8. The molecule has 6 nitrogen and oxygen atoms in total. The van der Waals surface area contributed by atoms with Crippen LogP contribution >= 0.6 is 0 Å². The molecule has 0 aliphatic heterocycles. The average molecular weight is 323 g/mol. The Kier molecular flexibility index (Phi) is 4.86. The highest BCUT2D eigenvalue weighted by atomic mass is 16.5. The largest absolute Gasteiger partial charge is 0.496 e. The molecule has 0 aliphatic carbocycles. The zero-order valence-corrected chi connectivity index (χ0v) is 13.2. The van der Waals surface area contributed by atoms with Crippen molar-refractivity contribution in [2.45, 2.75) is 12.8 Å². The SMILES string of the molecule is COc1ccccc1CCC(=O)Nc1cc(-c2cccnc2)no1. The van der Waals surface area contributed by atoms with Gasteiger partial charge in [0.05, 0.1) is 7.11 Å². The van der Waals surface area contributed by atoms with Crippen LogP contribution in [0, 0.1) is 0 Å². The van der Waals surface area contributed by atoms with Gasteiger partial charge in [0.1, 0.15) is 11.4 Å². The zero-order chi connectivity index (χ0) is 16.8. The lowest BCUT2D eigenvalue weighted by atomic mass is 10.1. The van der Waals surface area contributed by atoms with E-state index in [0.29, 0.717) is 24.4 Å². The van der Waals surface area contributed by atoms with Crippen LogP contribution < -0.4 is 10.1 Å². The Morgan fingerprint density at radius 3 is 2.92 bits per heavy atom. The number of ether oxygens (including phenoxy) is 1. The Balaban J connectivity index is 1.58. The number of pyridine rings is 1. The minimum absolute atomic E-state index is 0.144. The minimum Gasteiger partial charge on any atom is -0.496 e. The smallest absolute Gasteiger partial charge is 0.231 e. The second kappa shape index (κ2) is 7.41. The van der Waals surface area contributed by atoms with E-state index in [9.17, 15) is 4.79 Å². The Morgan fingerprint density at radius 1 is 1.25 bits per heavy atom. The lowest BCUT2D eigenvalue weighted by Crippen LogP contribution is -2.12. The molecule has 1 N–H and O–H groups in total. The highest BCUT2D eigenvalue weighted by molar-refractivity contribution is 5.90. The number of nitrogens with one attached hydrogen (secondary N) is 1. The number of para-hydroxylation sites is 1. The van der Waals surface area contributed by atoms with Gasteiger partial charge in [-0.2, -0.15) is 0 Å². The third-order valence-corrected chi connectivity index (χ3v) is 3.54. The molecule has 0 fully saturated rings. The van der Waals surface area contributed by atoms with Crippen molar-refractivity contribution in [2.75, 3.05) is 12.4 Å². The number of rotatable bonds is 6. The number of hydrogen-bond acceptors (Lipinski definition) is 5. The summed E-state index contributed by atoms with van der Waals surface area (Å²) < 4.78 is 10.4. The van der Waals surface area contributed by atoms with Gasteiger partial charge >= 0.3 is 0 Å². The van der Waals surface area contributed by atoms with Crippen LogP contribution in [0.5, 0.6) is 5.75 Å². The molecule has 2 aromatic heterocycles. The lowest BCUT2D eigenvalue weighted by molar-refractivity contribution is -0.116. The summed E-state index contributed by atoms with van der Waals surface area (Å²) in [6.07, 6.45) is 4.28. The first-order valence-electron chi connectivity index (χ1n) is 7.55. The molecule has 1 aromatic carbocycles. The van der Waals surface area contributed by atoms with E-state index >= 15 is 0 Å². The number of benzene rings is 1. The number of nitrogens with zero attached hydrogens (tertiary/aromatic N) is 2. The third-order valence-electron chi connectivity index (χ3n) is 3.54. The number of aryl methyl sites for hydroxylation is 1. The predicted molar refractivity (Wildman–Crippen MR) is 89.7 cm³/mol. The van der Waals surface area contributed by atoms with Gasteiger partial charge in [0, 0.05) is 30.4 Å². The van der Waals surface area contributed by atoms with Crippen molar-refractivity contribution in [1.82, 2.24) is 10.1 Å². The molecule has 0 unspecified atom stereocenters. The van der Waals surface area contributed by atoms with Crippen LogP contribution in [0.25, 0.3) is 11.3 Å². The van der Waals surface area contributed by atoms with Gasteiger partial charge in [0.2, 0.25) is 11.8 Å². The number of methoxy groups -OCH3 is 1. The van der Waals surface area contributed by atoms with Gasteiger partial charge in [-0.05, 0) is 30.2 Å². The summed E-state index contributed by atoms with van der Waals surface area (Å²) >= 11 is 0. The molecule has 3 rings (SSSR count). The summed E-state index contributed by atoms with van der Waals surface area (Å²) in [4.78, 5) is 16.1. The summed E-state index contributed by atoms with van der Waals surface area (Å²) in [5.74, 6) is 0.956. The van der Waals surface area contributed by atoms with Gasteiger partial charge in [-0.1, -0.05) is 23.4 Å². The normalized spacial score (nSPS) is 10.4. The summed E-state index contributed by atoms with van der Waals surface area (Å²) in [6.45, 7) is 0. The number of amides is 1. The summed E-state index contributed by atoms with van der Waals surface area (Å²) in [6, 6.07) is 13.0. The molecule has 0 radical (unpaired) electrons. The molecule has 0 atom stereocenters. The van der Waals surface area contributed by atoms with Crippen LogP contribution in [0.3, 0.4) is 0 Å². The van der Waals surface area contributed by atoms with Crippen LogP contribution in [-0.2, 0) is 11.2 Å². The van der Waals surface area contributed by atoms with Crippen molar-refractivity contribution in [3.8, 4) is 17.0 Å². The molecular formula is C18H17N3O3. The van der Waals surface area contributed by atoms with E-state index in [0.717, 1.165) is 16.9 Å². The molecular weight excluding hydrogens is 306 g/mol.